The van der Waals surface area contributed by atoms with Crippen molar-refractivity contribution in [2.24, 2.45) is 0 Å². The van der Waals surface area contributed by atoms with Crippen LogP contribution in [-0.4, -0.2) is 56.0 Å². The molecule has 3 N–H and O–H groups in total. The molecular weight excluding hydrogens is 366 g/mol. The van der Waals surface area contributed by atoms with E-state index in [9.17, 15) is 18.0 Å². The van der Waals surface area contributed by atoms with Gasteiger partial charge < -0.3 is 15.7 Å². The van der Waals surface area contributed by atoms with Crippen molar-refractivity contribution in [1.29, 1.82) is 0 Å². The minimum Gasteiger partial charge on any atom is -0.481 e. The number of carboxylic acid groups (broad SMARTS) is 1. The predicted octanol–water partition coefficient (Wildman–Crippen LogP) is 1.49. The van der Waals surface area contributed by atoms with Gasteiger partial charge in [-0.3, -0.25) is 4.79 Å². The van der Waals surface area contributed by atoms with Crippen LogP contribution in [0, 0.1) is 0 Å². The van der Waals surface area contributed by atoms with E-state index in [2.05, 4.69) is 10.6 Å². The Kier molecular flexibility index (Phi) is 8.87. The first-order valence-electron chi connectivity index (χ1n) is 8.13. The second-order valence-electron chi connectivity index (χ2n) is 5.24. The van der Waals surface area contributed by atoms with Crippen LogP contribution in [0.5, 0.6) is 0 Å². The number of aliphatic carboxylic acids is 1. The number of nitrogens with zero attached hydrogens (tertiary/aromatic N) is 1. The molecular formula is C15H25N3O5S2. The summed E-state index contributed by atoms with van der Waals surface area (Å²) in [6.45, 7) is 5.12. The van der Waals surface area contributed by atoms with Gasteiger partial charge in [0.15, 0.2) is 0 Å². The average Bonchev–Trinajstić information content (AvgIpc) is 3.02. The number of thiophene rings is 1. The van der Waals surface area contributed by atoms with E-state index in [0.29, 0.717) is 43.2 Å². The van der Waals surface area contributed by atoms with Crippen molar-refractivity contribution in [3.63, 3.8) is 0 Å². The van der Waals surface area contributed by atoms with Crippen molar-refractivity contribution in [1.82, 2.24) is 14.9 Å². The van der Waals surface area contributed by atoms with E-state index in [1.165, 1.54) is 15.6 Å². The number of rotatable bonds is 11. The van der Waals surface area contributed by atoms with E-state index in [0.717, 1.165) is 4.88 Å². The molecule has 0 saturated carbocycles. The molecule has 1 rings (SSSR count). The highest BCUT2D eigenvalue weighted by Crippen LogP contribution is 2.25. The van der Waals surface area contributed by atoms with Gasteiger partial charge in [0.2, 0.25) is 0 Å². The van der Waals surface area contributed by atoms with Crippen molar-refractivity contribution in [3.8, 4) is 0 Å². The van der Waals surface area contributed by atoms with E-state index in [1.807, 2.05) is 0 Å². The molecule has 0 unspecified atom stereocenters. The van der Waals surface area contributed by atoms with Crippen molar-refractivity contribution in [3.05, 3.63) is 17.0 Å². The summed E-state index contributed by atoms with van der Waals surface area (Å²) in [6.07, 6.45) is 0.917. The van der Waals surface area contributed by atoms with Crippen molar-refractivity contribution < 1.29 is 23.1 Å². The van der Waals surface area contributed by atoms with Crippen LogP contribution in [0.4, 0.5) is 4.79 Å². The fraction of sp³-hybridized carbons (Fsp3) is 0.600. The van der Waals surface area contributed by atoms with Gasteiger partial charge >= 0.3 is 12.0 Å². The van der Waals surface area contributed by atoms with Crippen LogP contribution in [0.1, 0.15) is 31.6 Å². The lowest BCUT2D eigenvalue weighted by molar-refractivity contribution is -0.137. The number of carbonyl (C=O) groups excluding carboxylic acids is 1. The normalized spacial score (nSPS) is 11.5. The molecule has 0 aliphatic carbocycles. The molecule has 25 heavy (non-hydrogen) atoms. The molecule has 0 radical (unpaired) electrons. The first-order valence-corrected chi connectivity index (χ1v) is 10.4. The Balaban J connectivity index is 2.41. The zero-order valence-electron chi connectivity index (χ0n) is 14.4. The molecule has 8 nitrogen and oxygen atoms in total. The Bertz CT molecular complexity index is 668. The molecule has 0 aromatic carbocycles. The molecule has 10 heteroatoms. The Labute approximate surface area is 152 Å². The number of carboxylic acids is 1. The highest BCUT2D eigenvalue weighted by atomic mass is 32.2. The summed E-state index contributed by atoms with van der Waals surface area (Å²) in [4.78, 5) is 22.8. The van der Waals surface area contributed by atoms with E-state index >= 15 is 0 Å². The van der Waals surface area contributed by atoms with Crippen LogP contribution >= 0.6 is 11.3 Å². The Morgan fingerprint density at radius 3 is 2.40 bits per heavy atom. The Morgan fingerprint density at radius 1 is 1.16 bits per heavy atom. The summed E-state index contributed by atoms with van der Waals surface area (Å²) in [7, 11) is -3.44. The molecule has 0 aliphatic rings. The zero-order valence-corrected chi connectivity index (χ0v) is 16.1. The number of sulfonamides is 1. The molecule has 1 aromatic heterocycles. The first-order chi connectivity index (χ1) is 11.8. The minimum absolute atomic E-state index is 0.0132. The van der Waals surface area contributed by atoms with Gasteiger partial charge in [0.25, 0.3) is 10.0 Å². The van der Waals surface area contributed by atoms with Gasteiger partial charge in [-0.1, -0.05) is 13.8 Å². The van der Waals surface area contributed by atoms with Gasteiger partial charge in [-0.25, -0.2) is 13.2 Å². The molecule has 0 aliphatic heterocycles. The molecule has 0 saturated heterocycles. The number of nitrogens with one attached hydrogen (secondary N) is 2. The molecule has 1 aromatic rings. The zero-order chi connectivity index (χ0) is 18.9. The fourth-order valence-electron chi connectivity index (χ4n) is 2.13. The second kappa shape index (κ2) is 10.4. The average molecular weight is 392 g/mol. The lowest BCUT2D eigenvalue weighted by atomic mass is 10.3. The maximum absolute atomic E-state index is 12.4. The lowest BCUT2D eigenvalue weighted by Crippen LogP contribution is -2.37. The van der Waals surface area contributed by atoms with Gasteiger partial charge in [0.1, 0.15) is 4.21 Å². The number of hydrogen-bond donors (Lipinski definition) is 3. The third-order valence-electron chi connectivity index (χ3n) is 3.45. The Hall–Kier alpha value is -1.65. The maximum Gasteiger partial charge on any atom is 0.314 e. The van der Waals surface area contributed by atoms with Crippen LogP contribution in [0.2, 0.25) is 0 Å². The van der Waals surface area contributed by atoms with E-state index in [1.54, 1.807) is 26.0 Å². The third-order valence-corrected chi connectivity index (χ3v) is 7.11. The Morgan fingerprint density at radius 2 is 1.80 bits per heavy atom. The minimum atomic E-state index is -3.44. The summed E-state index contributed by atoms with van der Waals surface area (Å²) < 4.78 is 26.5. The molecule has 0 spiro atoms. The molecule has 0 bridgehead atoms. The first kappa shape index (κ1) is 21.4. The largest absolute Gasteiger partial charge is 0.481 e. The predicted molar refractivity (Wildman–Crippen MR) is 96.4 cm³/mol. The quantitative estimate of drug-likeness (QED) is 0.494. The van der Waals surface area contributed by atoms with Gasteiger partial charge in [0, 0.05) is 37.5 Å². The van der Waals surface area contributed by atoms with Crippen molar-refractivity contribution >= 4 is 33.4 Å². The molecule has 1 heterocycles. The SMILES string of the molecule is CCN(CC)S(=O)(=O)c1ccc(CCNC(=O)NCCCC(=O)O)s1. The van der Waals surface area contributed by atoms with Gasteiger partial charge in [0.05, 0.1) is 0 Å². The number of urea groups is 1. The van der Waals surface area contributed by atoms with Crippen LogP contribution in [-0.2, 0) is 21.2 Å². The molecule has 2 amide bonds. The van der Waals surface area contributed by atoms with Crippen LogP contribution in [0.25, 0.3) is 0 Å². The molecule has 142 valence electrons. The van der Waals surface area contributed by atoms with Crippen LogP contribution in [0.3, 0.4) is 0 Å². The highest BCUT2D eigenvalue weighted by molar-refractivity contribution is 7.91. The van der Waals surface area contributed by atoms with Crippen molar-refractivity contribution in [2.45, 2.75) is 37.3 Å². The fourth-order valence-corrected chi connectivity index (χ4v) is 5.09. The van der Waals surface area contributed by atoms with E-state index in [-0.39, 0.29) is 12.5 Å². The summed E-state index contributed by atoms with van der Waals surface area (Å²) in [5.74, 6) is -0.893. The van der Waals surface area contributed by atoms with Crippen LogP contribution < -0.4 is 10.6 Å². The standard InChI is InChI=1S/C15H25N3O5S2/c1-3-18(4-2)25(22,23)14-8-7-12(24-14)9-11-17-15(21)16-10-5-6-13(19)20/h7-8H,3-6,9-11H2,1-2H3,(H,19,20)(H2,16,17,21). The topological polar surface area (TPSA) is 116 Å². The summed E-state index contributed by atoms with van der Waals surface area (Å²) >= 11 is 1.21. The summed E-state index contributed by atoms with van der Waals surface area (Å²) in [5, 5.41) is 13.7. The molecule has 0 atom stereocenters. The third kappa shape index (κ3) is 7.00. The van der Waals surface area contributed by atoms with Gasteiger partial charge in [-0.15, -0.1) is 11.3 Å². The van der Waals surface area contributed by atoms with Crippen molar-refractivity contribution in [2.75, 3.05) is 26.2 Å². The van der Waals surface area contributed by atoms with Gasteiger partial charge in [-0.2, -0.15) is 4.31 Å². The monoisotopic (exact) mass is 391 g/mol. The summed E-state index contributed by atoms with van der Waals surface area (Å²) in [6, 6.07) is 2.99. The van der Waals surface area contributed by atoms with E-state index in [4.69, 9.17) is 5.11 Å². The van der Waals surface area contributed by atoms with E-state index < -0.39 is 16.0 Å². The lowest BCUT2D eigenvalue weighted by Gasteiger charge is -2.16. The molecule has 0 fully saturated rings. The highest BCUT2D eigenvalue weighted by Gasteiger charge is 2.23. The number of amides is 2. The maximum atomic E-state index is 12.4. The summed E-state index contributed by atoms with van der Waals surface area (Å²) in [5.41, 5.74) is 0. The second-order valence-corrected chi connectivity index (χ2v) is 8.57. The number of hydrogen-bond acceptors (Lipinski definition) is 5. The number of carbonyl (C=O) groups is 2. The smallest absolute Gasteiger partial charge is 0.314 e. The van der Waals surface area contributed by atoms with Gasteiger partial charge in [-0.05, 0) is 25.0 Å². The van der Waals surface area contributed by atoms with Crippen LogP contribution in [0.15, 0.2) is 16.3 Å².